The van der Waals surface area contributed by atoms with Gasteiger partial charge in [-0.3, -0.25) is 9.59 Å². The number of fused-ring (bicyclic) bond motifs is 1. The van der Waals surface area contributed by atoms with Crippen molar-refractivity contribution in [1.29, 1.82) is 0 Å². The van der Waals surface area contributed by atoms with Crippen molar-refractivity contribution in [3.05, 3.63) is 73.8 Å². The Bertz CT molecular complexity index is 1200. The number of thioether (sulfide) groups is 1. The average molecular weight is 443 g/mol. The number of amides is 1. The first-order valence-electron chi connectivity index (χ1n) is 9.09. The van der Waals surface area contributed by atoms with Gasteiger partial charge in [-0.05, 0) is 30.0 Å². The molecule has 3 heterocycles. The number of thiophene rings is 1. The van der Waals surface area contributed by atoms with Gasteiger partial charge in [0.05, 0.1) is 16.3 Å². The largest absolute Gasteiger partial charge is 0.320 e. The number of para-hydroxylation sites is 1. The maximum Gasteiger partial charge on any atom is 0.275 e. The molecule has 0 aliphatic carbocycles. The van der Waals surface area contributed by atoms with Crippen LogP contribution in [0.1, 0.15) is 33.7 Å². The van der Waals surface area contributed by atoms with Crippen LogP contribution in [0.2, 0.25) is 0 Å². The van der Waals surface area contributed by atoms with Crippen molar-refractivity contribution >= 4 is 51.0 Å². The smallest absolute Gasteiger partial charge is 0.275 e. The first-order valence-corrected chi connectivity index (χ1v) is 11.8. The molecule has 0 radical (unpaired) electrons. The van der Waals surface area contributed by atoms with Crippen molar-refractivity contribution in [2.45, 2.75) is 30.4 Å². The lowest BCUT2D eigenvalue weighted by Gasteiger charge is -2.10. The molecule has 0 saturated heterocycles. The maximum absolute atomic E-state index is 12.4. The zero-order valence-electron chi connectivity index (χ0n) is 15.6. The molecule has 1 amide bonds. The van der Waals surface area contributed by atoms with E-state index in [1.807, 2.05) is 35.7 Å². The van der Waals surface area contributed by atoms with Crippen LogP contribution in [-0.2, 0) is 12.2 Å². The summed E-state index contributed by atoms with van der Waals surface area (Å²) in [5.74, 6) is 0.400. The van der Waals surface area contributed by atoms with Crippen LogP contribution in [0, 0.1) is 0 Å². The Hall–Kier alpha value is -2.49. The van der Waals surface area contributed by atoms with Gasteiger partial charge in [0.15, 0.2) is 0 Å². The predicted octanol–water partition coefficient (Wildman–Crippen LogP) is 4.71. The molecule has 0 fully saturated rings. The van der Waals surface area contributed by atoms with Crippen molar-refractivity contribution in [2.24, 2.45) is 0 Å². The van der Waals surface area contributed by atoms with E-state index in [9.17, 15) is 9.59 Å². The summed E-state index contributed by atoms with van der Waals surface area (Å²) in [6, 6.07) is 12.8. The van der Waals surface area contributed by atoms with Gasteiger partial charge in [0.25, 0.3) is 11.5 Å². The summed E-state index contributed by atoms with van der Waals surface area (Å²) in [6.45, 7) is 2.08. The molecule has 0 bridgehead atoms. The van der Waals surface area contributed by atoms with E-state index >= 15 is 0 Å². The maximum atomic E-state index is 12.4. The van der Waals surface area contributed by atoms with E-state index < -0.39 is 0 Å². The second-order valence-corrected chi connectivity index (χ2v) is 9.25. The Kier molecular flexibility index (Phi) is 6.08. The monoisotopic (exact) mass is 442 g/mol. The number of carbonyl (C=O) groups excluding carboxylic acids is 1. The summed E-state index contributed by atoms with van der Waals surface area (Å²) >= 11 is 4.40. The summed E-state index contributed by atoms with van der Waals surface area (Å²) in [5, 5.41) is 10.1. The SMILES string of the molecule is CCCc1nn2c(=O)cc(CSc3ccccc3NC(=O)c3cccs3)nc2s1. The van der Waals surface area contributed by atoms with Gasteiger partial charge in [-0.15, -0.1) is 23.1 Å². The van der Waals surface area contributed by atoms with Crippen molar-refractivity contribution in [3.8, 4) is 0 Å². The standard InChI is InChI=1S/C20H18N4O2S3/c1-2-6-17-23-24-18(25)11-13(21-20(24)29-17)12-28-15-8-4-3-7-14(15)22-19(26)16-9-5-10-27-16/h3-5,7-11H,2,6,12H2,1H3,(H,22,26). The molecule has 0 aliphatic heterocycles. The molecule has 3 aromatic heterocycles. The lowest BCUT2D eigenvalue weighted by molar-refractivity contribution is 0.103. The molecule has 9 heteroatoms. The van der Waals surface area contributed by atoms with Crippen LogP contribution in [0.3, 0.4) is 0 Å². The number of anilines is 1. The first-order chi connectivity index (χ1) is 14.1. The van der Waals surface area contributed by atoms with E-state index in [0.29, 0.717) is 21.3 Å². The minimum absolute atomic E-state index is 0.126. The molecular formula is C20H18N4O2S3. The zero-order valence-corrected chi connectivity index (χ0v) is 18.1. The number of rotatable bonds is 7. The molecule has 1 aromatic carbocycles. The molecular weight excluding hydrogens is 424 g/mol. The van der Waals surface area contributed by atoms with Crippen LogP contribution in [0.4, 0.5) is 5.69 Å². The highest BCUT2D eigenvalue weighted by molar-refractivity contribution is 7.98. The van der Waals surface area contributed by atoms with Gasteiger partial charge >= 0.3 is 0 Å². The van der Waals surface area contributed by atoms with E-state index in [4.69, 9.17) is 0 Å². The Morgan fingerprint density at radius 3 is 2.90 bits per heavy atom. The molecule has 0 saturated carbocycles. The molecule has 0 unspecified atom stereocenters. The van der Waals surface area contributed by atoms with Gasteiger partial charge in [0.1, 0.15) is 5.01 Å². The number of aromatic nitrogens is 3. The van der Waals surface area contributed by atoms with Gasteiger partial charge in [-0.2, -0.15) is 9.61 Å². The predicted molar refractivity (Wildman–Crippen MR) is 119 cm³/mol. The Balaban J connectivity index is 1.52. The molecule has 0 aliphatic rings. The summed E-state index contributed by atoms with van der Waals surface area (Å²) < 4.78 is 1.37. The highest BCUT2D eigenvalue weighted by Gasteiger charge is 2.12. The van der Waals surface area contributed by atoms with E-state index in [2.05, 4.69) is 22.3 Å². The molecule has 4 rings (SSSR count). The number of benzene rings is 1. The number of carbonyl (C=O) groups is 1. The van der Waals surface area contributed by atoms with Crippen molar-refractivity contribution in [1.82, 2.24) is 14.6 Å². The number of hydrogen-bond acceptors (Lipinski definition) is 7. The third-order valence-corrected chi connectivity index (χ3v) is 7.00. The Morgan fingerprint density at radius 2 is 2.10 bits per heavy atom. The lowest BCUT2D eigenvalue weighted by Crippen LogP contribution is -2.15. The number of nitrogens with zero attached hydrogens (tertiary/aromatic N) is 3. The Labute approximate surface area is 179 Å². The molecule has 1 N–H and O–H groups in total. The van der Waals surface area contributed by atoms with Gasteiger partial charge in [-0.25, -0.2) is 4.98 Å². The number of nitrogens with one attached hydrogen (secondary N) is 1. The summed E-state index contributed by atoms with van der Waals surface area (Å²) in [5.41, 5.74) is 1.28. The third-order valence-electron chi connectivity index (χ3n) is 4.06. The lowest BCUT2D eigenvalue weighted by atomic mass is 10.3. The Morgan fingerprint density at radius 1 is 1.24 bits per heavy atom. The number of hydrogen-bond donors (Lipinski definition) is 1. The van der Waals surface area contributed by atoms with Gasteiger partial charge in [0, 0.05) is 23.1 Å². The van der Waals surface area contributed by atoms with Gasteiger partial charge in [0.2, 0.25) is 4.96 Å². The second-order valence-electron chi connectivity index (χ2n) is 6.24. The number of aryl methyl sites for hydroxylation is 1. The highest BCUT2D eigenvalue weighted by atomic mass is 32.2. The second kappa shape index (κ2) is 8.89. The molecule has 0 atom stereocenters. The molecule has 29 heavy (non-hydrogen) atoms. The van der Waals surface area contributed by atoms with Crippen LogP contribution in [0.25, 0.3) is 4.96 Å². The summed E-state index contributed by atoms with van der Waals surface area (Å²) in [6.07, 6.45) is 1.82. The van der Waals surface area contributed by atoms with Crippen LogP contribution < -0.4 is 10.9 Å². The van der Waals surface area contributed by atoms with Crippen LogP contribution in [-0.4, -0.2) is 20.5 Å². The summed E-state index contributed by atoms with van der Waals surface area (Å²) in [4.78, 5) is 31.6. The third kappa shape index (κ3) is 4.58. The normalized spacial score (nSPS) is 11.1. The van der Waals surface area contributed by atoms with E-state index in [0.717, 1.165) is 28.4 Å². The minimum atomic E-state index is -0.163. The first kappa shape index (κ1) is 19.8. The van der Waals surface area contributed by atoms with E-state index in [1.54, 1.807) is 6.07 Å². The minimum Gasteiger partial charge on any atom is -0.320 e. The van der Waals surface area contributed by atoms with Crippen molar-refractivity contribution < 1.29 is 4.79 Å². The molecule has 4 aromatic rings. The zero-order chi connectivity index (χ0) is 20.2. The molecule has 148 valence electrons. The quantitative estimate of drug-likeness (QED) is 0.420. The summed E-state index contributed by atoms with van der Waals surface area (Å²) in [7, 11) is 0. The average Bonchev–Trinajstić information content (AvgIpc) is 3.38. The molecule has 6 nitrogen and oxygen atoms in total. The van der Waals surface area contributed by atoms with E-state index in [-0.39, 0.29) is 11.5 Å². The van der Waals surface area contributed by atoms with Gasteiger partial charge in [-0.1, -0.05) is 36.5 Å². The van der Waals surface area contributed by atoms with Crippen LogP contribution in [0.15, 0.2) is 57.5 Å². The fourth-order valence-electron chi connectivity index (χ4n) is 2.72. The fourth-order valence-corrected chi connectivity index (χ4v) is 5.26. The molecule has 0 spiro atoms. The highest BCUT2D eigenvalue weighted by Crippen LogP contribution is 2.30. The van der Waals surface area contributed by atoms with Gasteiger partial charge < -0.3 is 5.32 Å². The van der Waals surface area contributed by atoms with Crippen molar-refractivity contribution in [2.75, 3.05) is 5.32 Å². The topological polar surface area (TPSA) is 76.4 Å². The van der Waals surface area contributed by atoms with E-state index in [1.165, 1.54) is 45.0 Å². The fraction of sp³-hybridized carbons (Fsp3) is 0.200. The van der Waals surface area contributed by atoms with Crippen LogP contribution in [0.5, 0.6) is 0 Å². The van der Waals surface area contributed by atoms with Crippen molar-refractivity contribution in [3.63, 3.8) is 0 Å². The van der Waals surface area contributed by atoms with Crippen LogP contribution >= 0.6 is 34.4 Å².